The summed E-state index contributed by atoms with van der Waals surface area (Å²) >= 11 is 0. The van der Waals surface area contributed by atoms with E-state index in [2.05, 4.69) is 6.07 Å². The molecule has 2 aliphatic heterocycles. The maximum absolute atomic E-state index is 12.2. The number of carbonyl (C=O) groups excluding carboxylic acids is 1. The van der Waals surface area contributed by atoms with Crippen LogP contribution in [0, 0.1) is 0 Å². The maximum atomic E-state index is 12.2. The summed E-state index contributed by atoms with van der Waals surface area (Å²) in [6.07, 6.45) is 0.808. The third-order valence-electron chi connectivity index (χ3n) is 4.02. The number of nitrogens with zero attached hydrogens (tertiary/aromatic N) is 1. The van der Waals surface area contributed by atoms with E-state index in [9.17, 15) is 4.79 Å². The Hall–Kier alpha value is -2.29. The molecule has 2 heterocycles. The molecule has 0 saturated carbocycles. The number of benzene rings is 2. The van der Waals surface area contributed by atoms with E-state index in [4.69, 9.17) is 4.74 Å². The van der Waals surface area contributed by atoms with Gasteiger partial charge in [0.2, 0.25) is 0 Å². The van der Waals surface area contributed by atoms with E-state index in [1.54, 1.807) is 0 Å². The van der Waals surface area contributed by atoms with Gasteiger partial charge in [-0.3, -0.25) is 4.79 Å². The smallest absolute Gasteiger partial charge is 0.254 e. The van der Waals surface area contributed by atoms with E-state index in [1.807, 2.05) is 48.3 Å². The summed E-state index contributed by atoms with van der Waals surface area (Å²) in [5, 5.41) is 0. The van der Waals surface area contributed by atoms with Crippen LogP contribution in [0.15, 0.2) is 42.5 Å². The Kier molecular flexibility index (Phi) is 2.01. The molecule has 0 spiro atoms. The van der Waals surface area contributed by atoms with Crippen molar-refractivity contribution in [2.45, 2.75) is 12.5 Å². The normalized spacial score (nSPS) is 19.5. The van der Waals surface area contributed by atoms with Crippen LogP contribution in [0.25, 0.3) is 0 Å². The Bertz CT molecular complexity index is 693. The zero-order chi connectivity index (χ0) is 13.0. The average Bonchev–Trinajstić information content (AvgIpc) is 2.61. The minimum Gasteiger partial charge on any atom is -0.457 e. The molecule has 2 aliphatic rings. The van der Waals surface area contributed by atoms with Crippen LogP contribution in [0.4, 0.5) is 0 Å². The average molecular weight is 251 g/mol. The molecule has 2 aromatic rings. The Balaban J connectivity index is 1.98. The van der Waals surface area contributed by atoms with E-state index >= 15 is 0 Å². The fourth-order valence-corrected chi connectivity index (χ4v) is 3.03. The minimum absolute atomic E-state index is 0.0855. The summed E-state index contributed by atoms with van der Waals surface area (Å²) in [5.41, 5.74) is 2.96. The summed E-state index contributed by atoms with van der Waals surface area (Å²) in [6.45, 7) is 0. The van der Waals surface area contributed by atoms with Gasteiger partial charge in [-0.25, -0.2) is 0 Å². The standard InChI is InChI=1S/C16H13NO2/c1-17-12-9-10-5-2-3-7-13(10)19-14-8-4-6-11(15(12)14)16(17)18/h2-8,12H,9H2,1H3. The Labute approximate surface area is 111 Å². The first kappa shape index (κ1) is 10.6. The van der Waals surface area contributed by atoms with Crippen molar-refractivity contribution >= 4 is 5.91 Å². The molecule has 3 heteroatoms. The summed E-state index contributed by atoms with van der Waals surface area (Å²) in [6, 6.07) is 13.8. The van der Waals surface area contributed by atoms with Crippen LogP contribution in [0.5, 0.6) is 11.5 Å². The lowest BCUT2D eigenvalue weighted by molar-refractivity contribution is 0.0774. The minimum atomic E-state index is 0.0855. The molecule has 0 saturated heterocycles. The Morgan fingerprint density at radius 3 is 2.79 bits per heavy atom. The predicted molar refractivity (Wildman–Crippen MR) is 71.5 cm³/mol. The van der Waals surface area contributed by atoms with E-state index in [1.165, 1.54) is 0 Å². The number of para-hydroxylation sites is 1. The second-order valence-electron chi connectivity index (χ2n) is 5.06. The number of carbonyl (C=O) groups is 1. The van der Waals surface area contributed by atoms with Crippen LogP contribution in [0.1, 0.15) is 27.5 Å². The summed E-state index contributed by atoms with van der Waals surface area (Å²) in [5.74, 6) is 1.79. The number of ether oxygens (including phenoxy) is 1. The molecule has 0 fully saturated rings. The zero-order valence-electron chi connectivity index (χ0n) is 10.6. The van der Waals surface area contributed by atoms with Gasteiger partial charge in [-0.05, 0) is 23.8 Å². The number of hydrogen-bond acceptors (Lipinski definition) is 2. The topological polar surface area (TPSA) is 29.5 Å². The summed E-state index contributed by atoms with van der Waals surface area (Å²) in [7, 11) is 1.87. The highest BCUT2D eigenvalue weighted by Crippen LogP contribution is 2.45. The first-order chi connectivity index (χ1) is 9.25. The van der Waals surface area contributed by atoms with E-state index in [-0.39, 0.29) is 11.9 Å². The summed E-state index contributed by atoms with van der Waals surface area (Å²) < 4.78 is 6.01. The van der Waals surface area contributed by atoms with Crippen molar-refractivity contribution in [3.8, 4) is 11.5 Å². The van der Waals surface area contributed by atoms with Gasteiger partial charge in [0.05, 0.1) is 6.04 Å². The van der Waals surface area contributed by atoms with Gasteiger partial charge >= 0.3 is 0 Å². The highest BCUT2D eigenvalue weighted by atomic mass is 16.5. The van der Waals surface area contributed by atoms with Crippen molar-refractivity contribution < 1.29 is 9.53 Å². The second-order valence-corrected chi connectivity index (χ2v) is 5.06. The second kappa shape index (κ2) is 3.60. The van der Waals surface area contributed by atoms with Crippen molar-refractivity contribution in [1.29, 1.82) is 0 Å². The molecule has 94 valence electrons. The van der Waals surface area contributed by atoms with Crippen molar-refractivity contribution in [3.05, 3.63) is 59.2 Å². The van der Waals surface area contributed by atoms with Crippen LogP contribution in [0.2, 0.25) is 0 Å². The molecule has 2 aromatic carbocycles. The molecule has 0 aliphatic carbocycles. The summed E-state index contributed by atoms with van der Waals surface area (Å²) in [4.78, 5) is 14.1. The largest absolute Gasteiger partial charge is 0.457 e. The molecular weight excluding hydrogens is 238 g/mol. The lowest BCUT2D eigenvalue weighted by Gasteiger charge is -2.19. The Morgan fingerprint density at radius 2 is 1.89 bits per heavy atom. The number of rotatable bonds is 0. The SMILES string of the molecule is CN1C(=O)c2cccc3c2C1Cc1ccccc1O3. The molecule has 0 radical (unpaired) electrons. The van der Waals surface area contributed by atoms with Crippen LogP contribution < -0.4 is 4.74 Å². The van der Waals surface area contributed by atoms with Gasteiger partial charge < -0.3 is 9.64 Å². The zero-order valence-corrected chi connectivity index (χ0v) is 10.6. The third-order valence-corrected chi connectivity index (χ3v) is 4.02. The first-order valence-electron chi connectivity index (χ1n) is 6.41. The van der Waals surface area contributed by atoms with E-state index < -0.39 is 0 Å². The quantitative estimate of drug-likeness (QED) is 0.719. The van der Waals surface area contributed by atoms with Gasteiger partial charge in [-0.2, -0.15) is 0 Å². The van der Waals surface area contributed by atoms with Gasteiger partial charge in [0, 0.05) is 24.6 Å². The molecule has 19 heavy (non-hydrogen) atoms. The van der Waals surface area contributed by atoms with Gasteiger partial charge in [0.25, 0.3) is 5.91 Å². The number of amides is 1. The van der Waals surface area contributed by atoms with Crippen molar-refractivity contribution in [2.24, 2.45) is 0 Å². The first-order valence-corrected chi connectivity index (χ1v) is 6.41. The molecule has 0 bridgehead atoms. The molecule has 3 nitrogen and oxygen atoms in total. The van der Waals surface area contributed by atoms with Crippen LogP contribution in [0.3, 0.4) is 0 Å². The molecule has 0 N–H and O–H groups in total. The fourth-order valence-electron chi connectivity index (χ4n) is 3.03. The van der Waals surface area contributed by atoms with E-state index in [0.717, 1.165) is 34.6 Å². The number of hydrogen-bond donors (Lipinski definition) is 0. The van der Waals surface area contributed by atoms with Crippen molar-refractivity contribution in [3.63, 3.8) is 0 Å². The van der Waals surface area contributed by atoms with Gasteiger partial charge in [0.15, 0.2) is 0 Å². The number of fused-ring (bicyclic) bond motifs is 1. The lowest BCUT2D eigenvalue weighted by Crippen LogP contribution is -2.24. The van der Waals surface area contributed by atoms with Crippen LogP contribution >= 0.6 is 0 Å². The fraction of sp³-hybridized carbons (Fsp3) is 0.188. The van der Waals surface area contributed by atoms with Crippen LogP contribution in [-0.4, -0.2) is 17.9 Å². The van der Waals surface area contributed by atoms with Crippen LogP contribution in [-0.2, 0) is 6.42 Å². The predicted octanol–water partition coefficient (Wildman–Crippen LogP) is 3.16. The molecule has 1 atom stereocenters. The highest BCUT2D eigenvalue weighted by molar-refractivity contribution is 6.00. The molecular formula is C16H13NO2. The highest BCUT2D eigenvalue weighted by Gasteiger charge is 2.38. The van der Waals surface area contributed by atoms with Crippen molar-refractivity contribution in [2.75, 3.05) is 7.05 Å². The van der Waals surface area contributed by atoms with Crippen molar-refractivity contribution in [1.82, 2.24) is 4.90 Å². The van der Waals surface area contributed by atoms with E-state index in [0.29, 0.717) is 0 Å². The third kappa shape index (κ3) is 1.35. The van der Waals surface area contributed by atoms with Gasteiger partial charge in [0.1, 0.15) is 11.5 Å². The maximum Gasteiger partial charge on any atom is 0.254 e. The van der Waals surface area contributed by atoms with Gasteiger partial charge in [-0.15, -0.1) is 0 Å². The number of likely N-dealkylation sites (N-methyl/N-ethyl adjacent to an activating group) is 1. The Morgan fingerprint density at radius 1 is 1.11 bits per heavy atom. The molecule has 1 amide bonds. The molecule has 1 unspecified atom stereocenters. The molecule has 0 aromatic heterocycles. The lowest BCUT2D eigenvalue weighted by atomic mass is 9.98. The molecule has 4 rings (SSSR count). The van der Waals surface area contributed by atoms with Gasteiger partial charge in [-0.1, -0.05) is 24.3 Å². The monoisotopic (exact) mass is 251 g/mol.